The molecule has 0 saturated carbocycles. The first-order valence-electron chi connectivity index (χ1n) is 8.60. The van der Waals surface area contributed by atoms with Crippen molar-refractivity contribution in [3.8, 4) is 0 Å². The molecule has 4 rings (SSSR count). The number of thioether (sulfide) groups is 1. The lowest BCUT2D eigenvalue weighted by Gasteiger charge is -2.34. The average molecular weight is 387 g/mol. The van der Waals surface area contributed by atoms with Gasteiger partial charge in [-0.25, -0.2) is 0 Å². The van der Waals surface area contributed by atoms with Crippen LogP contribution in [0.1, 0.15) is 24.0 Å². The Morgan fingerprint density at radius 1 is 1.27 bits per heavy atom. The van der Waals surface area contributed by atoms with E-state index in [0.717, 1.165) is 23.2 Å². The summed E-state index contributed by atoms with van der Waals surface area (Å²) >= 11 is 7.68. The van der Waals surface area contributed by atoms with Crippen LogP contribution >= 0.6 is 23.4 Å². The molecule has 2 saturated heterocycles. The maximum Gasteiger partial charge on any atom is 0.248 e. The quantitative estimate of drug-likeness (QED) is 0.860. The van der Waals surface area contributed by atoms with Crippen LogP contribution in [0.25, 0.3) is 0 Å². The highest BCUT2D eigenvalue weighted by atomic mass is 35.5. The Morgan fingerprint density at radius 2 is 2.04 bits per heavy atom. The van der Waals surface area contributed by atoms with Crippen LogP contribution in [0.4, 0.5) is 5.69 Å². The van der Waals surface area contributed by atoms with Crippen LogP contribution in [-0.2, 0) is 14.5 Å². The summed E-state index contributed by atoms with van der Waals surface area (Å²) in [7, 11) is 0. The summed E-state index contributed by atoms with van der Waals surface area (Å²) in [6.45, 7) is 1.90. The number of benzene rings is 2. The standard InChI is InChI=1S/C20H19ClN2O2S/c1-13-11-15(21)7-8-16(13)22-19(25)17-12-26-20(10-9-18(24)23(17)20)14-5-3-2-4-6-14/h2-8,11,17H,9-10,12H2,1H3,(H,22,25)/t17-,20-/m0/s1. The van der Waals surface area contributed by atoms with Crippen LogP contribution in [0.3, 0.4) is 0 Å². The number of fused-ring (bicyclic) bond motifs is 1. The molecule has 2 heterocycles. The molecule has 0 radical (unpaired) electrons. The van der Waals surface area contributed by atoms with Crippen molar-refractivity contribution in [3.63, 3.8) is 0 Å². The number of aryl methyl sites for hydroxylation is 1. The topological polar surface area (TPSA) is 49.4 Å². The highest BCUT2D eigenvalue weighted by molar-refractivity contribution is 8.00. The highest BCUT2D eigenvalue weighted by Gasteiger charge is 2.56. The van der Waals surface area contributed by atoms with E-state index in [1.807, 2.05) is 43.3 Å². The van der Waals surface area contributed by atoms with E-state index in [1.54, 1.807) is 28.8 Å². The molecule has 26 heavy (non-hydrogen) atoms. The van der Waals surface area contributed by atoms with Crippen molar-refractivity contribution < 1.29 is 9.59 Å². The van der Waals surface area contributed by atoms with Crippen molar-refractivity contribution in [2.45, 2.75) is 30.7 Å². The molecule has 0 spiro atoms. The SMILES string of the molecule is Cc1cc(Cl)ccc1NC(=O)[C@@H]1CS[C@]2(c3ccccc3)CCC(=O)N12. The van der Waals surface area contributed by atoms with Gasteiger partial charge in [0.15, 0.2) is 0 Å². The Hall–Kier alpha value is -1.98. The second-order valence-corrected chi connectivity index (χ2v) is 8.42. The van der Waals surface area contributed by atoms with Gasteiger partial charge in [0, 0.05) is 22.9 Å². The molecular formula is C20H19ClN2O2S. The molecule has 2 amide bonds. The summed E-state index contributed by atoms with van der Waals surface area (Å²) in [5, 5.41) is 3.61. The van der Waals surface area contributed by atoms with Crippen LogP contribution < -0.4 is 5.32 Å². The Bertz CT molecular complexity index is 873. The lowest BCUT2D eigenvalue weighted by molar-refractivity contribution is -0.136. The predicted molar refractivity (Wildman–Crippen MR) is 105 cm³/mol. The zero-order valence-corrected chi connectivity index (χ0v) is 15.9. The number of rotatable bonds is 3. The molecule has 4 nitrogen and oxygen atoms in total. The van der Waals surface area contributed by atoms with Gasteiger partial charge in [0.2, 0.25) is 11.8 Å². The number of carbonyl (C=O) groups excluding carboxylic acids is 2. The zero-order valence-electron chi connectivity index (χ0n) is 14.4. The number of hydrogen-bond acceptors (Lipinski definition) is 3. The van der Waals surface area contributed by atoms with E-state index in [0.29, 0.717) is 17.2 Å². The molecule has 2 aromatic rings. The highest BCUT2D eigenvalue weighted by Crippen LogP contribution is 2.54. The van der Waals surface area contributed by atoms with E-state index in [1.165, 1.54) is 0 Å². The first kappa shape index (κ1) is 17.4. The maximum atomic E-state index is 13.0. The summed E-state index contributed by atoms with van der Waals surface area (Å²) in [6, 6.07) is 14.9. The zero-order chi connectivity index (χ0) is 18.3. The van der Waals surface area contributed by atoms with Gasteiger partial charge in [-0.3, -0.25) is 9.59 Å². The van der Waals surface area contributed by atoms with Crippen molar-refractivity contribution in [2.75, 3.05) is 11.1 Å². The Morgan fingerprint density at radius 3 is 2.77 bits per heavy atom. The lowest BCUT2D eigenvalue weighted by Crippen LogP contribution is -2.48. The summed E-state index contributed by atoms with van der Waals surface area (Å²) in [4.78, 5) is 27.0. The number of halogens is 1. The minimum Gasteiger partial charge on any atom is -0.324 e. The fraction of sp³-hybridized carbons (Fsp3) is 0.300. The smallest absolute Gasteiger partial charge is 0.248 e. The van der Waals surface area contributed by atoms with Gasteiger partial charge in [0.25, 0.3) is 0 Å². The molecule has 2 fully saturated rings. The van der Waals surface area contributed by atoms with Crippen molar-refractivity contribution in [3.05, 3.63) is 64.7 Å². The van der Waals surface area contributed by atoms with Gasteiger partial charge in [-0.1, -0.05) is 41.9 Å². The van der Waals surface area contributed by atoms with Gasteiger partial charge in [-0.2, -0.15) is 0 Å². The van der Waals surface area contributed by atoms with E-state index < -0.39 is 10.9 Å². The predicted octanol–water partition coefficient (Wildman–Crippen LogP) is 4.18. The van der Waals surface area contributed by atoms with Crippen LogP contribution in [0.2, 0.25) is 5.02 Å². The van der Waals surface area contributed by atoms with Crippen molar-refractivity contribution >= 4 is 40.9 Å². The molecule has 2 aliphatic heterocycles. The fourth-order valence-electron chi connectivity index (χ4n) is 3.82. The second-order valence-electron chi connectivity index (χ2n) is 6.69. The summed E-state index contributed by atoms with van der Waals surface area (Å²) in [5.74, 6) is 0.502. The Labute approximate surface area is 161 Å². The largest absolute Gasteiger partial charge is 0.324 e. The van der Waals surface area contributed by atoms with Gasteiger partial charge < -0.3 is 10.2 Å². The van der Waals surface area contributed by atoms with Gasteiger partial charge >= 0.3 is 0 Å². The summed E-state index contributed by atoms with van der Waals surface area (Å²) < 4.78 is 0. The molecular weight excluding hydrogens is 368 g/mol. The van der Waals surface area contributed by atoms with Gasteiger partial charge in [0.05, 0.1) is 0 Å². The molecule has 2 aromatic carbocycles. The Balaban J connectivity index is 1.62. The lowest BCUT2D eigenvalue weighted by atomic mass is 10.0. The molecule has 1 N–H and O–H groups in total. The number of amides is 2. The molecule has 134 valence electrons. The first-order chi connectivity index (χ1) is 12.5. The van der Waals surface area contributed by atoms with E-state index >= 15 is 0 Å². The Kier molecular flexibility index (Phi) is 4.45. The molecule has 0 aromatic heterocycles. The monoisotopic (exact) mass is 386 g/mol. The molecule has 0 bridgehead atoms. The molecule has 0 unspecified atom stereocenters. The van der Waals surface area contributed by atoms with Crippen LogP contribution in [0.15, 0.2) is 48.5 Å². The van der Waals surface area contributed by atoms with E-state index in [9.17, 15) is 9.59 Å². The number of nitrogens with zero attached hydrogens (tertiary/aromatic N) is 1. The van der Waals surface area contributed by atoms with E-state index in [-0.39, 0.29) is 11.8 Å². The molecule has 2 aliphatic rings. The van der Waals surface area contributed by atoms with Gasteiger partial charge in [0.1, 0.15) is 10.9 Å². The van der Waals surface area contributed by atoms with Gasteiger partial charge in [-0.15, -0.1) is 11.8 Å². The number of hydrogen-bond donors (Lipinski definition) is 1. The molecule has 0 aliphatic carbocycles. The summed E-state index contributed by atoms with van der Waals surface area (Å²) in [5.41, 5.74) is 2.72. The van der Waals surface area contributed by atoms with Crippen molar-refractivity contribution in [1.82, 2.24) is 4.90 Å². The number of nitrogens with one attached hydrogen (secondary N) is 1. The minimum absolute atomic E-state index is 0.0480. The number of carbonyl (C=O) groups is 2. The van der Waals surface area contributed by atoms with Crippen LogP contribution in [-0.4, -0.2) is 28.5 Å². The normalized spacial score (nSPS) is 24.6. The third-order valence-electron chi connectivity index (χ3n) is 5.10. The van der Waals surface area contributed by atoms with Gasteiger partial charge in [-0.05, 0) is 42.7 Å². The van der Waals surface area contributed by atoms with E-state index in [4.69, 9.17) is 11.6 Å². The van der Waals surface area contributed by atoms with Crippen LogP contribution in [0, 0.1) is 6.92 Å². The fourth-order valence-corrected chi connectivity index (χ4v) is 5.70. The van der Waals surface area contributed by atoms with Crippen molar-refractivity contribution in [2.24, 2.45) is 0 Å². The first-order valence-corrected chi connectivity index (χ1v) is 9.96. The third kappa shape index (κ3) is 2.79. The van der Waals surface area contributed by atoms with E-state index in [2.05, 4.69) is 5.32 Å². The second kappa shape index (κ2) is 6.63. The average Bonchev–Trinajstić information content (AvgIpc) is 3.18. The maximum absolute atomic E-state index is 13.0. The molecule has 6 heteroatoms. The van der Waals surface area contributed by atoms with Crippen LogP contribution in [0.5, 0.6) is 0 Å². The minimum atomic E-state index is -0.467. The van der Waals surface area contributed by atoms with Crippen molar-refractivity contribution in [1.29, 1.82) is 0 Å². The number of anilines is 1. The summed E-state index contributed by atoms with van der Waals surface area (Å²) in [6.07, 6.45) is 1.22. The third-order valence-corrected chi connectivity index (χ3v) is 6.93. The molecule has 2 atom stereocenters.